The van der Waals surface area contributed by atoms with Gasteiger partial charge in [0, 0.05) is 18.1 Å². The third-order valence-corrected chi connectivity index (χ3v) is 4.75. The molecule has 3 rings (SSSR count). The van der Waals surface area contributed by atoms with Gasteiger partial charge in [0.05, 0.1) is 4.91 Å². The van der Waals surface area contributed by atoms with E-state index in [1.165, 1.54) is 19.3 Å². The first-order chi connectivity index (χ1) is 9.72. The van der Waals surface area contributed by atoms with Gasteiger partial charge in [0.25, 0.3) is 0 Å². The molecule has 21 heavy (non-hydrogen) atoms. The second-order valence-electron chi connectivity index (χ2n) is 4.95. The van der Waals surface area contributed by atoms with Crippen LogP contribution in [0.1, 0.15) is 24.8 Å². The van der Waals surface area contributed by atoms with Gasteiger partial charge in [0.1, 0.15) is 0 Å². The molecule has 2 aliphatic rings. The van der Waals surface area contributed by atoms with E-state index in [1.807, 2.05) is 30.3 Å². The quantitative estimate of drug-likeness (QED) is 0.806. The van der Waals surface area contributed by atoms with Crippen LogP contribution >= 0.6 is 35.8 Å². The van der Waals surface area contributed by atoms with Crippen molar-refractivity contribution in [3.63, 3.8) is 0 Å². The number of halogens is 2. The summed E-state index contributed by atoms with van der Waals surface area (Å²) in [6.45, 7) is 2.13. The fourth-order valence-electron chi connectivity index (χ4n) is 2.35. The van der Waals surface area contributed by atoms with Crippen LogP contribution in [0.15, 0.2) is 34.2 Å². The van der Waals surface area contributed by atoms with E-state index >= 15 is 0 Å². The molecular weight excluding hydrogens is 325 g/mol. The zero-order valence-electron chi connectivity index (χ0n) is 11.5. The Kier molecular flexibility index (Phi) is 5.73. The molecule has 6 heteroatoms. The van der Waals surface area contributed by atoms with Crippen LogP contribution in [0, 0.1) is 5.41 Å². The fraction of sp³-hybridized carbons (Fsp3) is 0.333. The summed E-state index contributed by atoms with van der Waals surface area (Å²) >= 11 is 7.49. The second kappa shape index (κ2) is 7.34. The highest BCUT2D eigenvalue weighted by molar-refractivity contribution is 8.18. The first-order valence-corrected chi connectivity index (χ1v) is 7.99. The Morgan fingerprint density at radius 2 is 1.81 bits per heavy atom. The minimum atomic E-state index is 0. The van der Waals surface area contributed by atoms with Gasteiger partial charge in [-0.2, -0.15) is 0 Å². The third-order valence-electron chi connectivity index (χ3n) is 3.44. The molecule has 3 nitrogen and oxygen atoms in total. The molecule has 0 amide bonds. The third kappa shape index (κ3) is 4.02. The summed E-state index contributed by atoms with van der Waals surface area (Å²) in [7, 11) is 0. The number of hydrogen-bond acceptors (Lipinski definition) is 3. The number of thioether (sulfide) groups is 1. The number of benzene rings is 1. The first kappa shape index (κ1) is 16.4. The van der Waals surface area contributed by atoms with Crippen molar-refractivity contribution in [1.82, 2.24) is 4.90 Å². The Morgan fingerprint density at radius 3 is 2.48 bits per heavy atom. The molecular formula is C15H17Cl2N3S. The SMILES string of the molecule is Cl.N=C1N=C(N2CCCCC2)SC1=Cc1ccc(Cl)cc1. The molecule has 1 saturated heterocycles. The monoisotopic (exact) mass is 341 g/mol. The number of nitrogens with zero attached hydrogens (tertiary/aromatic N) is 2. The maximum absolute atomic E-state index is 8.02. The van der Waals surface area contributed by atoms with Crippen molar-refractivity contribution in [3.8, 4) is 0 Å². The van der Waals surface area contributed by atoms with E-state index in [1.54, 1.807) is 11.8 Å². The molecule has 0 unspecified atom stereocenters. The summed E-state index contributed by atoms with van der Waals surface area (Å²) in [5.41, 5.74) is 1.05. The number of hydrogen-bond donors (Lipinski definition) is 1. The van der Waals surface area contributed by atoms with Gasteiger partial charge < -0.3 is 4.90 Å². The van der Waals surface area contributed by atoms with Gasteiger partial charge >= 0.3 is 0 Å². The van der Waals surface area contributed by atoms with Crippen LogP contribution in [-0.2, 0) is 0 Å². The van der Waals surface area contributed by atoms with Gasteiger partial charge in [-0.1, -0.05) is 23.7 Å². The van der Waals surface area contributed by atoms with Gasteiger partial charge in [0.15, 0.2) is 11.0 Å². The van der Waals surface area contributed by atoms with E-state index in [9.17, 15) is 0 Å². The van der Waals surface area contributed by atoms with E-state index in [0.29, 0.717) is 5.84 Å². The maximum atomic E-state index is 8.02. The van der Waals surface area contributed by atoms with Crippen molar-refractivity contribution in [2.24, 2.45) is 4.99 Å². The lowest BCUT2D eigenvalue weighted by Crippen LogP contribution is -2.33. The molecule has 1 aromatic carbocycles. The van der Waals surface area contributed by atoms with E-state index in [4.69, 9.17) is 17.0 Å². The van der Waals surface area contributed by atoms with Gasteiger partial charge in [-0.25, -0.2) is 4.99 Å². The Hall–Kier alpha value is -0.970. The molecule has 0 aromatic heterocycles. The molecule has 1 aromatic rings. The Morgan fingerprint density at radius 1 is 1.14 bits per heavy atom. The van der Waals surface area contributed by atoms with Crippen molar-refractivity contribution in [2.45, 2.75) is 19.3 Å². The molecule has 0 bridgehead atoms. The summed E-state index contributed by atoms with van der Waals surface area (Å²) in [6.07, 6.45) is 5.76. The molecule has 0 atom stereocenters. The number of piperidine rings is 1. The zero-order chi connectivity index (χ0) is 13.9. The second-order valence-corrected chi connectivity index (χ2v) is 6.40. The van der Waals surface area contributed by atoms with Crippen molar-refractivity contribution < 1.29 is 0 Å². The smallest absolute Gasteiger partial charge is 0.171 e. The van der Waals surface area contributed by atoms with E-state index in [-0.39, 0.29) is 12.4 Å². The van der Waals surface area contributed by atoms with Crippen molar-refractivity contribution in [3.05, 3.63) is 39.8 Å². The minimum absolute atomic E-state index is 0. The lowest BCUT2D eigenvalue weighted by molar-refractivity contribution is 0.348. The predicted octanol–water partition coefficient (Wildman–Crippen LogP) is 4.67. The van der Waals surface area contributed by atoms with Gasteiger partial charge in [-0.05, 0) is 54.8 Å². The summed E-state index contributed by atoms with van der Waals surface area (Å²) < 4.78 is 0. The van der Waals surface area contributed by atoms with Crippen molar-refractivity contribution in [1.29, 1.82) is 5.41 Å². The summed E-state index contributed by atoms with van der Waals surface area (Å²) in [6, 6.07) is 7.65. The summed E-state index contributed by atoms with van der Waals surface area (Å²) in [5.74, 6) is 0.366. The highest BCUT2D eigenvalue weighted by Crippen LogP contribution is 2.31. The lowest BCUT2D eigenvalue weighted by Gasteiger charge is -2.27. The van der Waals surface area contributed by atoms with Crippen LogP contribution in [0.3, 0.4) is 0 Å². The molecule has 0 saturated carbocycles. The van der Waals surface area contributed by atoms with E-state index < -0.39 is 0 Å². The van der Waals surface area contributed by atoms with Gasteiger partial charge in [0.2, 0.25) is 0 Å². The fourth-order valence-corrected chi connectivity index (χ4v) is 3.46. The largest absolute Gasteiger partial charge is 0.351 e. The topological polar surface area (TPSA) is 39.5 Å². The molecule has 2 heterocycles. The lowest BCUT2D eigenvalue weighted by atomic mass is 10.1. The van der Waals surface area contributed by atoms with Crippen LogP contribution in [0.2, 0.25) is 5.02 Å². The molecule has 1 N–H and O–H groups in total. The predicted molar refractivity (Wildman–Crippen MR) is 94.9 cm³/mol. The molecule has 0 spiro atoms. The standard InChI is InChI=1S/C15H16ClN3S.ClH/c16-12-6-4-11(5-7-12)10-13-14(17)18-15(20-13)19-8-2-1-3-9-19;/h4-7,10,17H,1-3,8-9H2;1H. The van der Waals surface area contributed by atoms with Crippen LogP contribution in [-0.4, -0.2) is 29.0 Å². The van der Waals surface area contributed by atoms with E-state index in [0.717, 1.165) is 33.7 Å². The summed E-state index contributed by atoms with van der Waals surface area (Å²) in [4.78, 5) is 7.61. The van der Waals surface area contributed by atoms with Gasteiger partial charge in [-0.3, -0.25) is 5.41 Å². The van der Waals surface area contributed by atoms with Crippen LogP contribution in [0.5, 0.6) is 0 Å². The van der Waals surface area contributed by atoms with Crippen molar-refractivity contribution >= 4 is 52.8 Å². The average Bonchev–Trinajstić information content (AvgIpc) is 2.84. The number of amidine groups is 2. The molecule has 1 fully saturated rings. The van der Waals surface area contributed by atoms with Crippen molar-refractivity contribution in [2.75, 3.05) is 13.1 Å². The Balaban J connectivity index is 0.00000161. The van der Waals surface area contributed by atoms with E-state index in [2.05, 4.69) is 9.89 Å². The van der Waals surface area contributed by atoms with Crippen LogP contribution in [0.4, 0.5) is 0 Å². The maximum Gasteiger partial charge on any atom is 0.171 e. The minimum Gasteiger partial charge on any atom is -0.351 e. The Labute approximate surface area is 140 Å². The number of aliphatic imine (C=N–C) groups is 1. The van der Waals surface area contributed by atoms with Crippen LogP contribution in [0.25, 0.3) is 6.08 Å². The normalized spacial score (nSPS) is 20.4. The average molecular weight is 342 g/mol. The molecule has 112 valence electrons. The molecule has 2 aliphatic heterocycles. The molecule has 0 aliphatic carbocycles. The highest BCUT2D eigenvalue weighted by atomic mass is 35.5. The summed E-state index contributed by atoms with van der Waals surface area (Å²) in [5, 5.41) is 9.73. The number of nitrogens with one attached hydrogen (secondary N) is 1. The molecule has 0 radical (unpaired) electrons. The van der Waals surface area contributed by atoms with Gasteiger partial charge in [-0.15, -0.1) is 12.4 Å². The first-order valence-electron chi connectivity index (χ1n) is 6.80. The highest BCUT2D eigenvalue weighted by Gasteiger charge is 2.24. The zero-order valence-corrected chi connectivity index (χ0v) is 13.9. The Bertz CT molecular complexity index is 575. The number of likely N-dealkylation sites (tertiary alicyclic amines) is 1. The van der Waals surface area contributed by atoms with Crippen LogP contribution < -0.4 is 0 Å². The number of rotatable bonds is 1.